The quantitative estimate of drug-likeness (QED) is 0.209. The largest absolute Gasteiger partial charge is 0.479 e. The number of fused-ring (bicyclic) bond motifs is 1. The van der Waals surface area contributed by atoms with E-state index in [0.29, 0.717) is 18.5 Å². The molecule has 1 saturated heterocycles. The first-order chi connectivity index (χ1) is 19.5. The second kappa shape index (κ2) is 14.3. The molecular formula is C28H36F4N4O5. The second-order valence-electron chi connectivity index (χ2n) is 9.34. The Kier molecular flexibility index (Phi) is 10.8. The molecule has 4 rings (SSSR count). The van der Waals surface area contributed by atoms with E-state index >= 15 is 0 Å². The Morgan fingerprint density at radius 1 is 1.07 bits per heavy atom. The zero-order valence-corrected chi connectivity index (χ0v) is 22.4. The number of aromatic nitrogens is 1. The van der Waals surface area contributed by atoms with Crippen molar-refractivity contribution in [2.45, 2.75) is 39.2 Å². The maximum absolute atomic E-state index is 13.9. The lowest BCUT2D eigenvalue weighted by molar-refractivity contribution is -0.130. The number of nitrogens with one attached hydrogen (secondary N) is 4. The van der Waals surface area contributed by atoms with Crippen LogP contribution in [0.3, 0.4) is 0 Å². The molecule has 0 spiro atoms. The van der Waals surface area contributed by atoms with Gasteiger partial charge in [-0.25, -0.2) is 8.78 Å². The highest BCUT2D eigenvalue weighted by molar-refractivity contribution is 6.00. The summed E-state index contributed by atoms with van der Waals surface area (Å²) in [6.45, 7) is 3.01. The molecule has 2 atom stereocenters. The number of carbonyl (C=O) groups excluding carboxylic acids is 4. The fourth-order valence-corrected chi connectivity index (χ4v) is 4.04. The van der Waals surface area contributed by atoms with Crippen LogP contribution in [0.4, 0.5) is 17.6 Å². The number of hydrogen-bond donors (Lipinski definition) is 4. The van der Waals surface area contributed by atoms with Crippen molar-refractivity contribution in [3.05, 3.63) is 65.4 Å². The number of carbonyl (C=O) groups is 4. The minimum absolute atomic E-state index is 0. The van der Waals surface area contributed by atoms with Gasteiger partial charge < -0.3 is 25.7 Å². The normalized spacial score (nSPS) is 15.0. The summed E-state index contributed by atoms with van der Waals surface area (Å²) >= 11 is 0. The number of ether oxygens (including phenoxy) is 1. The van der Waals surface area contributed by atoms with E-state index in [1.165, 1.54) is 6.42 Å². The maximum atomic E-state index is 13.9. The summed E-state index contributed by atoms with van der Waals surface area (Å²) in [5, 5.41) is 8.15. The van der Waals surface area contributed by atoms with Crippen molar-refractivity contribution in [2.75, 3.05) is 19.7 Å². The topological polar surface area (TPSA) is 129 Å². The van der Waals surface area contributed by atoms with Crippen molar-refractivity contribution >= 4 is 34.4 Å². The summed E-state index contributed by atoms with van der Waals surface area (Å²) in [5.74, 6) is -11.8. The molecule has 2 heterocycles. The third-order valence-electron chi connectivity index (χ3n) is 6.02. The molecule has 4 N–H and O–H groups in total. The van der Waals surface area contributed by atoms with Crippen molar-refractivity contribution in [2.24, 2.45) is 5.92 Å². The number of aromatic amines is 1. The van der Waals surface area contributed by atoms with Crippen LogP contribution in [-0.4, -0.2) is 54.2 Å². The van der Waals surface area contributed by atoms with Gasteiger partial charge in [-0.05, 0) is 25.0 Å². The molecule has 3 amide bonds. The summed E-state index contributed by atoms with van der Waals surface area (Å²) < 4.78 is 59.4. The van der Waals surface area contributed by atoms with E-state index in [9.17, 15) is 36.7 Å². The highest BCUT2D eigenvalue weighted by Crippen LogP contribution is 2.26. The molecule has 1 aliphatic heterocycles. The summed E-state index contributed by atoms with van der Waals surface area (Å²) in [4.78, 5) is 52.7. The number of Topliss-reactive ketones (excluding diaryl/α,β-unsaturated/α-hetero) is 1. The van der Waals surface area contributed by atoms with Gasteiger partial charge in [-0.1, -0.05) is 38.5 Å². The molecule has 9 nitrogen and oxygen atoms in total. The summed E-state index contributed by atoms with van der Waals surface area (Å²) in [7, 11) is 0. The number of hydrogen-bond acceptors (Lipinski definition) is 5. The third kappa shape index (κ3) is 8.05. The highest BCUT2D eigenvalue weighted by Gasteiger charge is 2.32. The Labute approximate surface area is 237 Å². The molecule has 41 heavy (non-hydrogen) atoms. The number of rotatable bonds is 10. The number of amides is 3. The molecule has 1 aromatic heterocycles. The highest BCUT2D eigenvalue weighted by atomic mass is 19.2. The molecule has 0 radical (unpaired) electrons. The van der Waals surface area contributed by atoms with Crippen molar-refractivity contribution in [3.63, 3.8) is 0 Å². The zero-order valence-electron chi connectivity index (χ0n) is 22.4. The first kappa shape index (κ1) is 31.1. The van der Waals surface area contributed by atoms with Gasteiger partial charge in [0.2, 0.25) is 23.4 Å². The van der Waals surface area contributed by atoms with Crippen LogP contribution in [-0.2, 0) is 14.4 Å². The number of para-hydroxylation sites is 1. The lowest BCUT2D eigenvalue weighted by Crippen LogP contribution is -2.48. The molecule has 0 bridgehead atoms. The van der Waals surface area contributed by atoms with Gasteiger partial charge >= 0.3 is 0 Å². The monoisotopic (exact) mass is 584 g/mol. The summed E-state index contributed by atoms with van der Waals surface area (Å²) in [5.41, 5.74) is 0.919. The average molecular weight is 585 g/mol. The lowest BCUT2D eigenvalue weighted by Gasteiger charge is -2.20. The zero-order chi connectivity index (χ0) is 30.1. The fourth-order valence-electron chi connectivity index (χ4n) is 4.04. The molecule has 1 fully saturated rings. The Morgan fingerprint density at radius 2 is 1.73 bits per heavy atom. The van der Waals surface area contributed by atoms with Crippen molar-refractivity contribution in [3.8, 4) is 5.75 Å². The van der Waals surface area contributed by atoms with E-state index in [-0.39, 0.29) is 28.4 Å². The van der Waals surface area contributed by atoms with Crippen LogP contribution in [0.15, 0.2) is 36.4 Å². The van der Waals surface area contributed by atoms with Gasteiger partial charge in [0.25, 0.3) is 5.91 Å². The number of H-pyrrole nitrogens is 1. The fraction of sp³-hybridized carbons (Fsp3) is 0.357. The number of ketones is 1. The minimum Gasteiger partial charge on any atom is -0.479 e. The first-order valence-electron chi connectivity index (χ1n) is 13.0. The standard InChI is InChI=1S/C25H22F4N4O5.C3H8.3H2/c26-14-9-15(27)22(29)23(21(14)28)38-11-19(34)17(8-13-5-6-30-24(13)36)33-20(35)10-31-25(37)18-7-12-3-1-2-4-16(12)32-18;1-3-2;;;/h1-4,7,9,13,17,32H,5-6,8,10-11H2,(H,30,36)(H,31,37)(H,33,35);3H2,1-2H3;3*1H. The second-order valence-corrected chi connectivity index (χ2v) is 9.34. The molecule has 2 aromatic carbocycles. The molecule has 2 unspecified atom stereocenters. The predicted octanol–water partition coefficient (Wildman–Crippen LogP) is 4.27. The molecule has 0 aliphatic carbocycles. The Bertz CT molecular complexity index is 1380. The van der Waals surface area contributed by atoms with Gasteiger partial charge in [0.15, 0.2) is 23.2 Å². The van der Waals surface area contributed by atoms with Crippen LogP contribution in [0.5, 0.6) is 5.75 Å². The van der Waals surface area contributed by atoms with Crippen LogP contribution in [0.1, 0.15) is 47.9 Å². The van der Waals surface area contributed by atoms with Crippen LogP contribution in [0.2, 0.25) is 0 Å². The molecule has 3 aromatic rings. The van der Waals surface area contributed by atoms with Crippen molar-refractivity contribution in [1.29, 1.82) is 0 Å². The Morgan fingerprint density at radius 3 is 2.34 bits per heavy atom. The van der Waals surface area contributed by atoms with E-state index in [4.69, 9.17) is 4.74 Å². The Balaban J connectivity index is 0.00000296. The SMILES string of the molecule is CCC.O=C(CNC(=O)c1cc2ccccc2[nH]1)NC(CC1CCNC1=O)C(=O)COc1c(F)c(F)cc(F)c1F.[HH].[HH].[HH]. The minimum atomic E-state index is -1.83. The van der Waals surface area contributed by atoms with E-state index in [0.717, 1.165) is 5.39 Å². The Hall–Kier alpha value is -4.42. The first-order valence-corrected chi connectivity index (χ1v) is 13.0. The molecular weight excluding hydrogens is 548 g/mol. The molecule has 13 heteroatoms. The number of benzene rings is 2. The summed E-state index contributed by atoms with van der Waals surface area (Å²) in [6, 6.07) is 7.38. The smallest absolute Gasteiger partial charge is 0.268 e. The summed E-state index contributed by atoms with van der Waals surface area (Å²) in [6.07, 6.45) is 1.45. The van der Waals surface area contributed by atoms with Crippen LogP contribution >= 0.6 is 0 Å². The molecule has 1 aliphatic rings. The lowest BCUT2D eigenvalue weighted by atomic mass is 9.96. The van der Waals surface area contributed by atoms with E-state index in [1.807, 2.05) is 0 Å². The maximum Gasteiger partial charge on any atom is 0.268 e. The van der Waals surface area contributed by atoms with Gasteiger partial charge in [0.1, 0.15) is 12.3 Å². The van der Waals surface area contributed by atoms with Gasteiger partial charge in [0.05, 0.1) is 12.6 Å². The molecule has 0 saturated carbocycles. The van der Waals surface area contributed by atoms with Gasteiger partial charge in [-0.15, -0.1) is 0 Å². The van der Waals surface area contributed by atoms with E-state index in [1.54, 1.807) is 30.3 Å². The van der Waals surface area contributed by atoms with Crippen LogP contribution < -0.4 is 20.7 Å². The van der Waals surface area contributed by atoms with Crippen molar-refractivity contribution in [1.82, 2.24) is 20.9 Å². The van der Waals surface area contributed by atoms with Gasteiger partial charge in [0, 0.05) is 33.7 Å². The van der Waals surface area contributed by atoms with Crippen LogP contribution in [0, 0.1) is 29.2 Å². The molecule has 226 valence electrons. The van der Waals surface area contributed by atoms with E-state index in [2.05, 4.69) is 34.8 Å². The van der Waals surface area contributed by atoms with Gasteiger partial charge in [-0.3, -0.25) is 19.2 Å². The van der Waals surface area contributed by atoms with Crippen molar-refractivity contribution < 1.29 is 45.8 Å². The van der Waals surface area contributed by atoms with Gasteiger partial charge in [-0.2, -0.15) is 8.78 Å². The predicted molar refractivity (Wildman–Crippen MR) is 147 cm³/mol. The third-order valence-corrected chi connectivity index (χ3v) is 6.02. The van der Waals surface area contributed by atoms with E-state index < -0.39 is 71.7 Å². The number of halogens is 4. The van der Waals surface area contributed by atoms with Crippen LogP contribution in [0.25, 0.3) is 10.9 Å². The average Bonchev–Trinajstić information content (AvgIpc) is 3.56.